The Balaban J connectivity index is 2.14. The van der Waals surface area contributed by atoms with E-state index in [2.05, 4.69) is 43.0 Å². The molecule has 0 aromatic heterocycles. The van der Waals surface area contributed by atoms with Crippen molar-refractivity contribution in [3.8, 4) is 0 Å². The van der Waals surface area contributed by atoms with Crippen molar-refractivity contribution in [3.63, 3.8) is 0 Å². The Morgan fingerprint density at radius 3 is 2.83 bits per heavy atom. The summed E-state index contributed by atoms with van der Waals surface area (Å²) in [5.74, 6) is 0. The normalized spacial score (nSPS) is 23.3. The lowest BCUT2D eigenvalue weighted by atomic mass is 9.87. The van der Waals surface area contributed by atoms with Crippen molar-refractivity contribution < 1.29 is 9.84 Å². The fourth-order valence-electron chi connectivity index (χ4n) is 2.56. The largest absolute Gasteiger partial charge is 0.396 e. The number of aryl methyl sites for hydroxylation is 1. The van der Waals surface area contributed by atoms with Crippen molar-refractivity contribution in [2.45, 2.75) is 20.3 Å². The van der Waals surface area contributed by atoms with Gasteiger partial charge in [-0.1, -0.05) is 12.1 Å². The molecule has 1 fully saturated rings. The van der Waals surface area contributed by atoms with Crippen LogP contribution in [0.4, 0.5) is 5.69 Å². The van der Waals surface area contributed by atoms with Crippen molar-refractivity contribution in [1.29, 1.82) is 0 Å². The molecule has 1 aromatic carbocycles. The van der Waals surface area contributed by atoms with Gasteiger partial charge in [-0.3, -0.25) is 0 Å². The van der Waals surface area contributed by atoms with E-state index in [4.69, 9.17) is 4.74 Å². The fourth-order valence-corrected chi connectivity index (χ4v) is 2.56. The van der Waals surface area contributed by atoms with E-state index in [-0.39, 0.29) is 12.0 Å². The smallest absolute Gasteiger partial charge is 0.0562 e. The first kappa shape index (κ1) is 13.4. The van der Waals surface area contributed by atoms with Crippen LogP contribution in [0, 0.1) is 12.3 Å². The van der Waals surface area contributed by atoms with Crippen LogP contribution in [0.15, 0.2) is 24.3 Å². The Kier molecular flexibility index (Phi) is 4.25. The number of anilines is 1. The lowest BCUT2D eigenvalue weighted by Gasteiger charge is -2.33. The molecule has 1 aliphatic rings. The van der Waals surface area contributed by atoms with Gasteiger partial charge in [-0.05, 0) is 38.0 Å². The highest BCUT2D eigenvalue weighted by atomic mass is 16.5. The van der Waals surface area contributed by atoms with Gasteiger partial charge in [-0.15, -0.1) is 0 Å². The fraction of sp³-hybridized carbons (Fsp3) is 0.600. The molecular weight excluding hydrogens is 226 g/mol. The quantitative estimate of drug-likeness (QED) is 0.868. The van der Waals surface area contributed by atoms with Crippen LogP contribution in [0.5, 0.6) is 0 Å². The van der Waals surface area contributed by atoms with E-state index in [1.54, 1.807) is 0 Å². The monoisotopic (exact) mass is 249 g/mol. The number of rotatable bonds is 5. The van der Waals surface area contributed by atoms with E-state index in [1.165, 1.54) is 11.3 Å². The van der Waals surface area contributed by atoms with E-state index in [0.717, 1.165) is 26.1 Å². The van der Waals surface area contributed by atoms with E-state index in [1.807, 2.05) is 0 Å². The predicted molar refractivity (Wildman–Crippen MR) is 74.0 cm³/mol. The first-order chi connectivity index (χ1) is 8.69. The Labute approximate surface area is 109 Å². The van der Waals surface area contributed by atoms with Gasteiger partial charge >= 0.3 is 0 Å². The average molecular weight is 249 g/mol. The zero-order chi connectivity index (χ0) is 13.0. The van der Waals surface area contributed by atoms with Crippen LogP contribution in [-0.2, 0) is 4.74 Å². The molecule has 0 saturated carbocycles. The summed E-state index contributed by atoms with van der Waals surface area (Å²) in [7, 11) is 0. The summed E-state index contributed by atoms with van der Waals surface area (Å²) in [5, 5.41) is 9.66. The molecule has 0 spiro atoms. The van der Waals surface area contributed by atoms with Gasteiger partial charge in [0, 0.05) is 30.8 Å². The van der Waals surface area contributed by atoms with Crippen molar-refractivity contribution in [2.24, 2.45) is 5.41 Å². The molecule has 1 aromatic rings. The summed E-state index contributed by atoms with van der Waals surface area (Å²) in [6, 6.07) is 8.53. The topological polar surface area (TPSA) is 32.7 Å². The van der Waals surface area contributed by atoms with Gasteiger partial charge in [0.25, 0.3) is 0 Å². The molecule has 0 radical (unpaired) electrons. The molecule has 1 unspecified atom stereocenters. The van der Waals surface area contributed by atoms with Crippen molar-refractivity contribution >= 4 is 5.69 Å². The van der Waals surface area contributed by atoms with Gasteiger partial charge in [0.15, 0.2) is 0 Å². The lowest BCUT2D eigenvalue weighted by molar-refractivity contribution is 0.0979. The minimum Gasteiger partial charge on any atom is -0.396 e. The molecular formula is C15H23NO2. The first-order valence-corrected chi connectivity index (χ1v) is 6.69. The number of hydrogen-bond donors (Lipinski definition) is 1. The van der Waals surface area contributed by atoms with Crippen LogP contribution in [0.1, 0.15) is 18.9 Å². The molecule has 1 N–H and O–H groups in total. The maximum absolute atomic E-state index is 9.66. The lowest BCUT2D eigenvalue weighted by Crippen LogP contribution is -2.41. The van der Waals surface area contributed by atoms with Crippen molar-refractivity contribution in [3.05, 3.63) is 29.8 Å². The van der Waals surface area contributed by atoms with E-state index in [0.29, 0.717) is 6.61 Å². The summed E-state index contributed by atoms with van der Waals surface area (Å²) in [5.41, 5.74) is 2.42. The Hall–Kier alpha value is -1.06. The molecule has 3 heteroatoms. The minimum atomic E-state index is -0.0836. The molecule has 100 valence electrons. The second-order valence-electron chi connectivity index (χ2n) is 5.31. The summed E-state index contributed by atoms with van der Waals surface area (Å²) in [6.07, 6.45) is 0.950. The summed E-state index contributed by atoms with van der Waals surface area (Å²) < 4.78 is 5.47. The summed E-state index contributed by atoms with van der Waals surface area (Å²) in [6.45, 7) is 7.72. The second kappa shape index (κ2) is 5.72. The molecule has 1 saturated heterocycles. The number of hydrogen-bond acceptors (Lipinski definition) is 3. The summed E-state index contributed by atoms with van der Waals surface area (Å²) in [4.78, 5) is 2.33. The summed E-state index contributed by atoms with van der Waals surface area (Å²) >= 11 is 0. The van der Waals surface area contributed by atoms with Crippen molar-refractivity contribution in [2.75, 3.05) is 37.8 Å². The van der Waals surface area contributed by atoms with Gasteiger partial charge in [-0.2, -0.15) is 0 Å². The third-order valence-corrected chi connectivity index (χ3v) is 3.80. The van der Waals surface area contributed by atoms with Gasteiger partial charge in [-0.25, -0.2) is 0 Å². The van der Waals surface area contributed by atoms with Crippen LogP contribution >= 0.6 is 0 Å². The van der Waals surface area contributed by atoms with Gasteiger partial charge in [0.05, 0.1) is 13.2 Å². The highest BCUT2D eigenvalue weighted by Crippen LogP contribution is 2.31. The molecule has 0 amide bonds. The SMILES string of the molecule is CCN(CC1(CO)CCOC1)c1cccc(C)c1. The van der Waals surface area contributed by atoms with E-state index < -0.39 is 0 Å². The minimum absolute atomic E-state index is 0.0836. The average Bonchev–Trinajstić information content (AvgIpc) is 2.85. The second-order valence-corrected chi connectivity index (χ2v) is 5.31. The predicted octanol–water partition coefficient (Wildman–Crippen LogP) is 2.22. The maximum atomic E-state index is 9.66. The zero-order valence-corrected chi connectivity index (χ0v) is 11.4. The van der Waals surface area contributed by atoms with Gasteiger partial charge in [0.1, 0.15) is 0 Å². The van der Waals surface area contributed by atoms with Crippen LogP contribution in [0.25, 0.3) is 0 Å². The Bertz CT molecular complexity index is 386. The molecule has 1 atom stereocenters. The van der Waals surface area contributed by atoms with E-state index in [9.17, 15) is 5.11 Å². The van der Waals surface area contributed by atoms with Crippen LogP contribution in [0.3, 0.4) is 0 Å². The number of nitrogens with zero attached hydrogens (tertiary/aromatic N) is 1. The first-order valence-electron chi connectivity index (χ1n) is 6.69. The number of aliphatic hydroxyl groups excluding tert-OH is 1. The van der Waals surface area contributed by atoms with Gasteiger partial charge < -0.3 is 14.7 Å². The molecule has 0 aliphatic carbocycles. The molecule has 1 aliphatic heterocycles. The van der Waals surface area contributed by atoms with Crippen LogP contribution in [0.2, 0.25) is 0 Å². The molecule has 18 heavy (non-hydrogen) atoms. The molecule has 3 nitrogen and oxygen atoms in total. The van der Waals surface area contributed by atoms with Crippen LogP contribution in [-0.4, -0.2) is 38.0 Å². The van der Waals surface area contributed by atoms with Crippen molar-refractivity contribution in [1.82, 2.24) is 0 Å². The van der Waals surface area contributed by atoms with Gasteiger partial charge in [0.2, 0.25) is 0 Å². The Morgan fingerprint density at radius 2 is 2.28 bits per heavy atom. The third-order valence-electron chi connectivity index (χ3n) is 3.80. The molecule has 0 bridgehead atoms. The highest BCUT2D eigenvalue weighted by Gasteiger charge is 2.36. The number of ether oxygens (including phenoxy) is 1. The van der Waals surface area contributed by atoms with E-state index >= 15 is 0 Å². The maximum Gasteiger partial charge on any atom is 0.0562 e. The van der Waals surface area contributed by atoms with Crippen LogP contribution < -0.4 is 4.90 Å². The number of benzene rings is 1. The number of aliphatic hydroxyl groups is 1. The standard InChI is InChI=1S/C15H23NO2/c1-3-16(14-6-4-5-13(2)9-14)10-15(11-17)7-8-18-12-15/h4-6,9,17H,3,7-8,10-12H2,1-2H3. The third kappa shape index (κ3) is 2.85. The molecule has 1 heterocycles. The molecule has 2 rings (SSSR count). The highest BCUT2D eigenvalue weighted by molar-refractivity contribution is 5.48. The zero-order valence-electron chi connectivity index (χ0n) is 11.4. The Morgan fingerprint density at radius 1 is 1.44 bits per heavy atom.